The summed E-state index contributed by atoms with van der Waals surface area (Å²) in [6, 6.07) is 11.2. The number of ether oxygens (including phenoxy) is 1. The monoisotopic (exact) mass is 647 g/mol. The molecule has 1 heterocycles. The van der Waals surface area contributed by atoms with Crippen molar-refractivity contribution in [3.63, 3.8) is 0 Å². The van der Waals surface area contributed by atoms with Crippen molar-refractivity contribution in [1.29, 1.82) is 0 Å². The van der Waals surface area contributed by atoms with Crippen molar-refractivity contribution in [3.8, 4) is 5.75 Å². The number of allylic oxidation sites excluding steroid dienone is 4. The molecule has 0 saturated heterocycles. The summed E-state index contributed by atoms with van der Waals surface area (Å²) >= 11 is 13.4. The van der Waals surface area contributed by atoms with Gasteiger partial charge in [-0.3, -0.25) is 14.4 Å². The topological polar surface area (TPSA) is 83.9 Å². The van der Waals surface area contributed by atoms with Crippen molar-refractivity contribution < 1.29 is 24.2 Å². The molecule has 2 aromatic carbocycles. The van der Waals surface area contributed by atoms with Crippen LogP contribution < -0.4 is 4.74 Å². The van der Waals surface area contributed by atoms with Crippen LogP contribution in [0.4, 0.5) is 0 Å². The second kappa shape index (κ2) is 10.8. The van der Waals surface area contributed by atoms with Gasteiger partial charge >= 0.3 is 5.97 Å². The summed E-state index contributed by atoms with van der Waals surface area (Å²) in [5, 5.41) is 10.3. The van der Waals surface area contributed by atoms with Gasteiger partial charge in [0.05, 0.1) is 8.95 Å². The van der Waals surface area contributed by atoms with Gasteiger partial charge in [-0.2, -0.15) is 0 Å². The van der Waals surface area contributed by atoms with Crippen LogP contribution in [0.5, 0.6) is 5.75 Å². The lowest BCUT2D eigenvalue weighted by atomic mass is 9.71. The Morgan fingerprint density at radius 2 is 1.57 bits per heavy atom. The summed E-state index contributed by atoms with van der Waals surface area (Å²) in [7, 11) is 0. The molecule has 0 atom stereocenters. The average molecular weight is 650 g/mol. The molecule has 2 aliphatic carbocycles. The number of halogens is 3. The smallest absolute Gasteiger partial charge is 0.323 e. The van der Waals surface area contributed by atoms with Crippen molar-refractivity contribution in [2.45, 2.75) is 51.0 Å². The third kappa shape index (κ3) is 5.16. The maximum Gasteiger partial charge on any atom is 0.323 e. The number of rotatable bonds is 6. The first-order valence-corrected chi connectivity index (χ1v) is 14.1. The molecule has 192 valence electrons. The van der Waals surface area contributed by atoms with E-state index in [2.05, 4.69) is 31.9 Å². The first-order valence-electron chi connectivity index (χ1n) is 12.1. The van der Waals surface area contributed by atoms with Gasteiger partial charge in [-0.25, -0.2) is 0 Å². The number of Topliss-reactive ketones (excluding diaryl/α,β-unsaturated/α-hetero) is 2. The van der Waals surface area contributed by atoms with Gasteiger partial charge in [0.1, 0.15) is 18.9 Å². The van der Waals surface area contributed by atoms with E-state index >= 15 is 0 Å². The highest BCUT2D eigenvalue weighted by Crippen LogP contribution is 2.50. The van der Waals surface area contributed by atoms with Gasteiger partial charge in [-0.1, -0.05) is 23.7 Å². The summed E-state index contributed by atoms with van der Waals surface area (Å²) in [5.74, 6) is -0.981. The third-order valence-electron chi connectivity index (χ3n) is 7.01. The zero-order valence-electron chi connectivity index (χ0n) is 19.9. The van der Waals surface area contributed by atoms with Crippen molar-refractivity contribution in [2.24, 2.45) is 0 Å². The van der Waals surface area contributed by atoms with E-state index in [-0.39, 0.29) is 18.1 Å². The number of hydrogen-bond donors (Lipinski definition) is 1. The Labute approximate surface area is 236 Å². The largest absolute Gasteiger partial charge is 0.487 e. The van der Waals surface area contributed by atoms with Crippen molar-refractivity contribution in [1.82, 2.24) is 4.90 Å². The first kappa shape index (κ1) is 26.2. The zero-order chi connectivity index (χ0) is 26.3. The van der Waals surface area contributed by atoms with Gasteiger partial charge in [0.2, 0.25) is 0 Å². The van der Waals surface area contributed by atoms with Crippen LogP contribution >= 0.6 is 43.5 Å². The second-order valence-electron chi connectivity index (χ2n) is 9.42. The Kier molecular flexibility index (Phi) is 7.61. The molecule has 1 aliphatic heterocycles. The van der Waals surface area contributed by atoms with E-state index < -0.39 is 11.9 Å². The molecule has 3 aliphatic rings. The fourth-order valence-corrected chi connectivity index (χ4v) is 7.21. The van der Waals surface area contributed by atoms with E-state index in [1.54, 1.807) is 11.0 Å². The lowest BCUT2D eigenvalue weighted by Crippen LogP contribution is -2.41. The maximum atomic E-state index is 13.3. The van der Waals surface area contributed by atoms with E-state index in [1.807, 2.05) is 30.3 Å². The van der Waals surface area contributed by atoms with Gasteiger partial charge in [-0.15, -0.1) is 0 Å². The number of benzene rings is 2. The molecule has 1 N–H and O–H groups in total. The molecule has 2 aromatic rings. The van der Waals surface area contributed by atoms with Crippen LogP contribution in [0.1, 0.15) is 55.6 Å². The van der Waals surface area contributed by atoms with Crippen LogP contribution in [-0.4, -0.2) is 34.1 Å². The summed E-state index contributed by atoms with van der Waals surface area (Å²) in [6.07, 6.45) is 3.33. The number of carbonyl (C=O) groups is 3. The molecule has 9 heteroatoms. The quantitative estimate of drug-likeness (QED) is 0.365. The minimum absolute atomic E-state index is 0.0277. The van der Waals surface area contributed by atoms with Crippen LogP contribution in [0.3, 0.4) is 0 Å². The van der Waals surface area contributed by atoms with Gasteiger partial charge in [-0.05, 0) is 92.9 Å². The van der Waals surface area contributed by atoms with Crippen LogP contribution in [0.15, 0.2) is 67.9 Å². The zero-order valence-corrected chi connectivity index (χ0v) is 23.8. The molecular formula is C28H24Br2ClNO5. The summed E-state index contributed by atoms with van der Waals surface area (Å²) in [5.41, 5.74) is 4.29. The van der Waals surface area contributed by atoms with E-state index in [0.29, 0.717) is 76.0 Å². The number of nitrogens with zero attached hydrogens (tertiary/aromatic N) is 1. The molecule has 6 nitrogen and oxygen atoms in total. The fourth-order valence-electron chi connectivity index (χ4n) is 5.54. The highest BCUT2D eigenvalue weighted by molar-refractivity contribution is 9.11. The van der Waals surface area contributed by atoms with Gasteiger partial charge < -0.3 is 14.7 Å². The Morgan fingerprint density at radius 1 is 0.973 bits per heavy atom. The van der Waals surface area contributed by atoms with E-state index in [1.165, 1.54) is 0 Å². The normalized spacial score (nSPS) is 18.2. The van der Waals surface area contributed by atoms with Crippen LogP contribution in [-0.2, 0) is 21.0 Å². The summed E-state index contributed by atoms with van der Waals surface area (Å²) < 4.78 is 7.45. The molecule has 37 heavy (non-hydrogen) atoms. The molecule has 0 unspecified atom stereocenters. The SMILES string of the molecule is O=C(O)CN1C2=C(C(=O)CCC2)C(c2cc(Br)c(OCc3cccc(Cl)c3)c(Br)c2)C2=C1CCCC2=O. The number of aliphatic carboxylic acids is 1. The van der Waals surface area contributed by atoms with Crippen LogP contribution in [0.2, 0.25) is 5.02 Å². The number of ketones is 2. The molecule has 0 bridgehead atoms. The Hall–Kier alpha value is -2.42. The van der Waals surface area contributed by atoms with E-state index in [0.717, 1.165) is 22.5 Å². The molecular weight excluding hydrogens is 626 g/mol. The lowest BCUT2D eigenvalue weighted by Gasteiger charge is -2.43. The predicted molar refractivity (Wildman–Crippen MR) is 146 cm³/mol. The third-order valence-corrected chi connectivity index (χ3v) is 8.42. The first-order chi connectivity index (χ1) is 17.7. The molecule has 5 rings (SSSR count). The van der Waals surface area contributed by atoms with Crippen LogP contribution in [0, 0.1) is 0 Å². The van der Waals surface area contributed by atoms with Crippen LogP contribution in [0.25, 0.3) is 0 Å². The highest BCUT2D eigenvalue weighted by atomic mass is 79.9. The van der Waals surface area contributed by atoms with Gasteiger partial charge in [0.15, 0.2) is 11.6 Å². The molecule has 0 aromatic heterocycles. The van der Waals surface area contributed by atoms with Crippen molar-refractivity contribution >= 4 is 61.0 Å². The lowest BCUT2D eigenvalue weighted by molar-refractivity contribution is -0.138. The average Bonchev–Trinajstić information content (AvgIpc) is 2.84. The number of carboxylic acids is 1. The number of carbonyl (C=O) groups excluding carboxylic acids is 2. The fraction of sp³-hybridized carbons (Fsp3) is 0.321. The Balaban J connectivity index is 1.58. The predicted octanol–water partition coefficient (Wildman–Crippen LogP) is 6.94. The second-order valence-corrected chi connectivity index (χ2v) is 11.6. The van der Waals surface area contributed by atoms with E-state index in [9.17, 15) is 19.5 Å². The molecule has 0 spiro atoms. The summed E-state index contributed by atoms with van der Waals surface area (Å²) in [4.78, 5) is 40.1. The van der Waals surface area contributed by atoms with Crippen molar-refractivity contribution in [3.05, 3.63) is 84.0 Å². The Bertz CT molecular complexity index is 1320. The standard InChI is InChI=1S/C28H24Br2ClNO5/c29-18-11-16(12-19(30)28(18)37-14-15-4-1-5-17(31)10-15)25-26-20(6-2-8-22(26)33)32(13-24(35)36)21-7-3-9-23(34)27(21)25/h1,4-5,10-12,25H,2-3,6-9,13-14H2,(H,35,36). The van der Waals surface area contributed by atoms with Gasteiger partial charge in [0.25, 0.3) is 0 Å². The molecule has 0 fully saturated rings. The number of hydrogen-bond acceptors (Lipinski definition) is 5. The highest BCUT2D eigenvalue weighted by Gasteiger charge is 2.44. The molecule has 0 saturated carbocycles. The van der Waals surface area contributed by atoms with Crippen molar-refractivity contribution in [2.75, 3.05) is 6.54 Å². The maximum absolute atomic E-state index is 13.3. The molecule has 0 amide bonds. The van der Waals surface area contributed by atoms with Gasteiger partial charge in [0, 0.05) is 46.3 Å². The molecule has 0 radical (unpaired) electrons. The number of carboxylic acid groups (broad SMARTS) is 1. The minimum atomic E-state index is -0.986. The Morgan fingerprint density at radius 3 is 2.11 bits per heavy atom. The minimum Gasteiger partial charge on any atom is -0.487 e. The summed E-state index contributed by atoms with van der Waals surface area (Å²) in [6.45, 7) is 0.0564. The van der Waals surface area contributed by atoms with E-state index in [4.69, 9.17) is 16.3 Å².